The molecule has 7 nitrogen and oxygen atoms in total. The van der Waals surface area contributed by atoms with E-state index in [-0.39, 0.29) is 23.3 Å². The van der Waals surface area contributed by atoms with E-state index in [2.05, 4.69) is 26.6 Å². The second-order valence-corrected chi connectivity index (χ2v) is 9.11. The molecule has 0 aliphatic heterocycles. The highest BCUT2D eigenvalue weighted by atomic mass is 35.5. The Morgan fingerprint density at radius 3 is 2.59 bits per heavy atom. The van der Waals surface area contributed by atoms with E-state index >= 15 is 0 Å². The molecule has 0 unspecified atom stereocenters. The van der Waals surface area contributed by atoms with Crippen molar-refractivity contribution in [1.82, 2.24) is 25.1 Å². The number of rotatable bonds is 7. The van der Waals surface area contributed by atoms with Crippen LogP contribution in [0.4, 0.5) is 0 Å². The fraction of sp³-hybridized carbons (Fsp3) is 0.231. The van der Waals surface area contributed by atoms with Crippen LogP contribution < -0.4 is 10.9 Å². The van der Waals surface area contributed by atoms with Crippen LogP contribution in [0.3, 0.4) is 0 Å². The quantitative estimate of drug-likeness (QED) is 0.425. The number of nitrogens with one attached hydrogen (secondary N) is 2. The molecule has 5 rings (SSSR count). The summed E-state index contributed by atoms with van der Waals surface area (Å²) < 4.78 is 1.66. The standard InChI is InChI=1S/C26H24ClN5O2/c27-21-5-3-4-19(13-21)20-14-22(15-20)28-26(34)25-29-23(30-31-25)12-17-7-9-18(10-8-17)16-32-11-2-1-6-24(32)33/h1-11,13,20,22H,12,14-16H2,(H,28,34)(H,29,30,31)/t20-,22+. The van der Waals surface area contributed by atoms with Gasteiger partial charge in [-0.1, -0.05) is 54.1 Å². The van der Waals surface area contributed by atoms with E-state index in [0.717, 1.165) is 29.0 Å². The molecule has 0 atom stereocenters. The minimum Gasteiger partial charge on any atom is -0.347 e. The minimum absolute atomic E-state index is 0.0269. The van der Waals surface area contributed by atoms with Crippen LogP contribution in [0, 0.1) is 0 Å². The predicted octanol–water partition coefficient (Wildman–Crippen LogP) is 3.93. The summed E-state index contributed by atoms with van der Waals surface area (Å²) in [5.41, 5.74) is 3.25. The highest BCUT2D eigenvalue weighted by molar-refractivity contribution is 6.30. The van der Waals surface area contributed by atoms with E-state index in [4.69, 9.17) is 11.6 Å². The highest BCUT2D eigenvalue weighted by Crippen LogP contribution is 2.37. The van der Waals surface area contributed by atoms with Gasteiger partial charge in [-0.05, 0) is 53.6 Å². The molecule has 0 bridgehead atoms. The number of nitrogens with zero attached hydrogens (tertiary/aromatic N) is 3. The van der Waals surface area contributed by atoms with E-state index in [1.165, 1.54) is 5.56 Å². The van der Waals surface area contributed by atoms with Crippen LogP contribution in [0.15, 0.2) is 77.7 Å². The first-order valence-corrected chi connectivity index (χ1v) is 11.6. The summed E-state index contributed by atoms with van der Waals surface area (Å²) in [5, 5.41) is 11.9. The van der Waals surface area contributed by atoms with E-state index in [1.807, 2.05) is 48.5 Å². The number of pyridine rings is 1. The molecule has 4 aromatic rings. The molecule has 34 heavy (non-hydrogen) atoms. The Morgan fingerprint density at radius 2 is 1.82 bits per heavy atom. The Morgan fingerprint density at radius 1 is 1.03 bits per heavy atom. The van der Waals surface area contributed by atoms with Crippen molar-refractivity contribution < 1.29 is 4.79 Å². The molecule has 2 N–H and O–H groups in total. The van der Waals surface area contributed by atoms with Gasteiger partial charge in [0.2, 0.25) is 5.82 Å². The lowest BCUT2D eigenvalue weighted by Gasteiger charge is -2.36. The Balaban J connectivity index is 1.13. The Hall–Kier alpha value is -3.71. The number of carbonyl (C=O) groups is 1. The van der Waals surface area contributed by atoms with Crippen molar-refractivity contribution in [3.63, 3.8) is 0 Å². The van der Waals surface area contributed by atoms with Crippen LogP contribution in [-0.2, 0) is 13.0 Å². The summed E-state index contributed by atoms with van der Waals surface area (Å²) in [7, 11) is 0. The van der Waals surface area contributed by atoms with Crippen molar-refractivity contribution in [1.29, 1.82) is 0 Å². The molecular weight excluding hydrogens is 450 g/mol. The maximum Gasteiger partial charge on any atom is 0.289 e. The fourth-order valence-electron chi connectivity index (χ4n) is 4.24. The highest BCUT2D eigenvalue weighted by Gasteiger charge is 2.32. The van der Waals surface area contributed by atoms with Gasteiger partial charge in [0, 0.05) is 29.7 Å². The first kappa shape index (κ1) is 22.1. The first-order valence-electron chi connectivity index (χ1n) is 11.2. The van der Waals surface area contributed by atoms with Crippen LogP contribution >= 0.6 is 11.6 Å². The molecule has 1 fully saturated rings. The molecule has 1 aliphatic rings. The third kappa shape index (κ3) is 5.10. The Kier molecular flexibility index (Phi) is 6.27. The van der Waals surface area contributed by atoms with Crippen LogP contribution in [-0.4, -0.2) is 31.7 Å². The molecule has 1 saturated carbocycles. The number of amides is 1. The fourth-order valence-corrected chi connectivity index (χ4v) is 4.44. The maximum absolute atomic E-state index is 12.6. The molecule has 0 saturated heterocycles. The topological polar surface area (TPSA) is 92.7 Å². The lowest BCUT2D eigenvalue weighted by molar-refractivity contribution is 0.0898. The monoisotopic (exact) mass is 473 g/mol. The van der Waals surface area contributed by atoms with Gasteiger partial charge >= 0.3 is 0 Å². The van der Waals surface area contributed by atoms with E-state index in [9.17, 15) is 9.59 Å². The maximum atomic E-state index is 12.6. The molecule has 8 heteroatoms. The van der Waals surface area contributed by atoms with Crippen LogP contribution in [0.25, 0.3) is 0 Å². The third-order valence-electron chi connectivity index (χ3n) is 6.19. The summed E-state index contributed by atoms with van der Waals surface area (Å²) in [6, 6.07) is 21.1. The van der Waals surface area contributed by atoms with Gasteiger partial charge in [-0.15, -0.1) is 10.2 Å². The molecule has 172 valence electrons. The molecule has 1 amide bonds. The van der Waals surface area contributed by atoms with Crippen LogP contribution in [0.1, 0.15) is 51.9 Å². The van der Waals surface area contributed by atoms with Crippen LogP contribution in [0.2, 0.25) is 5.02 Å². The zero-order valence-electron chi connectivity index (χ0n) is 18.4. The minimum atomic E-state index is -0.239. The summed E-state index contributed by atoms with van der Waals surface area (Å²) in [6.07, 6.45) is 4.08. The number of hydrogen-bond donors (Lipinski definition) is 2. The normalized spacial score (nSPS) is 17.2. The summed E-state index contributed by atoms with van der Waals surface area (Å²) >= 11 is 6.08. The van der Waals surface area contributed by atoms with Gasteiger partial charge in [-0.25, -0.2) is 0 Å². The molecule has 2 aromatic heterocycles. The number of halogens is 1. The zero-order chi connectivity index (χ0) is 23.5. The molecule has 0 radical (unpaired) electrons. The van der Waals surface area contributed by atoms with Gasteiger partial charge in [-0.3, -0.25) is 9.59 Å². The average Bonchev–Trinajstić information content (AvgIpc) is 3.27. The lowest BCUT2D eigenvalue weighted by atomic mass is 9.76. The predicted molar refractivity (Wildman–Crippen MR) is 130 cm³/mol. The number of benzene rings is 2. The molecule has 0 spiro atoms. The number of aromatic nitrogens is 4. The van der Waals surface area contributed by atoms with E-state index in [0.29, 0.717) is 24.7 Å². The van der Waals surface area contributed by atoms with Crippen molar-refractivity contribution in [3.05, 3.63) is 117 Å². The van der Waals surface area contributed by atoms with E-state index in [1.54, 1.807) is 22.9 Å². The van der Waals surface area contributed by atoms with Gasteiger partial charge in [0.05, 0.1) is 6.54 Å². The second-order valence-electron chi connectivity index (χ2n) is 8.67. The van der Waals surface area contributed by atoms with E-state index < -0.39 is 0 Å². The smallest absolute Gasteiger partial charge is 0.289 e. The van der Waals surface area contributed by atoms with Gasteiger partial charge < -0.3 is 14.9 Å². The number of hydrogen-bond acceptors (Lipinski definition) is 4. The van der Waals surface area contributed by atoms with Crippen LogP contribution in [0.5, 0.6) is 0 Å². The van der Waals surface area contributed by atoms with Crippen molar-refractivity contribution >= 4 is 17.5 Å². The largest absolute Gasteiger partial charge is 0.347 e. The SMILES string of the molecule is O=C(N[C@H]1C[C@@H](c2cccc(Cl)c2)C1)c1nnc(Cc2ccc(Cn3ccccc3=O)cc2)[nH]1. The molecule has 2 heterocycles. The summed E-state index contributed by atoms with van der Waals surface area (Å²) in [5.74, 6) is 1.03. The average molecular weight is 474 g/mol. The summed E-state index contributed by atoms with van der Waals surface area (Å²) in [4.78, 5) is 27.5. The van der Waals surface area contributed by atoms with Crippen molar-refractivity contribution in [2.45, 2.75) is 37.8 Å². The van der Waals surface area contributed by atoms with Gasteiger partial charge in [0.25, 0.3) is 11.5 Å². The molecule has 2 aromatic carbocycles. The lowest BCUT2D eigenvalue weighted by Crippen LogP contribution is -2.43. The van der Waals surface area contributed by atoms with Gasteiger partial charge in [0.1, 0.15) is 5.82 Å². The van der Waals surface area contributed by atoms with Crippen molar-refractivity contribution in [3.8, 4) is 0 Å². The van der Waals surface area contributed by atoms with Gasteiger partial charge in [0.15, 0.2) is 0 Å². The van der Waals surface area contributed by atoms with Crippen molar-refractivity contribution in [2.75, 3.05) is 0 Å². The third-order valence-corrected chi connectivity index (χ3v) is 6.42. The Labute approximate surface area is 201 Å². The molecule has 1 aliphatic carbocycles. The summed E-state index contributed by atoms with van der Waals surface area (Å²) in [6.45, 7) is 0.520. The number of H-pyrrole nitrogens is 1. The van der Waals surface area contributed by atoms with Crippen molar-refractivity contribution in [2.24, 2.45) is 0 Å². The van der Waals surface area contributed by atoms with Gasteiger partial charge in [-0.2, -0.15) is 0 Å². The second kappa shape index (κ2) is 9.65. The number of carbonyl (C=O) groups excluding carboxylic acids is 1. The number of aromatic amines is 1. The zero-order valence-corrected chi connectivity index (χ0v) is 19.2. The molecular formula is C26H24ClN5O2. The first-order chi connectivity index (χ1) is 16.5. The Bertz CT molecular complexity index is 1360.